The van der Waals surface area contributed by atoms with Gasteiger partial charge in [0.15, 0.2) is 0 Å². The topological polar surface area (TPSA) is 72.6 Å². The first kappa shape index (κ1) is 15.8. The Hall–Kier alpha value is -1.71. The number of hydrogen-bond donors (Lipinski definition) is 2. The molecule has 2 fully saturated rings. The van der Waals surface area contributed by atoms with Crippen molar-refractivity contribution < 1.29 is 14.6 Å². The number of ether oxygens (including phenoxy) is 1. The molecule has 6 atom stereocenters. The van der Waals surface area contributed by atoms with E-state index in [0.29, 0.717) is 29.4 Å². The fourth-order valence-electron chi connectivity index (χ4n) is 6.25. The number of primary amides is 1. The van der Waals surface area contributed by atoms with Gasteiger partial charge >= 0.3 is 6.09 Å². The lowest BCUT2D eigenvalue weighted by atomic mass is 9.53. The summed E-state index contributed by atoms with van der Waals surface area (Å²) in [4.78, 5) is 11.3. The molecular formula is C20H27NO3. The van der Waals surface area contributed by atoms with Crippen LogP contribution < -0.4 is 5.73 Å². The highest BCUT2D eigenvalue weighted by molar-refractivity contribution is 5.65. The van der Waals surface area contributed by atoms with E-state index in [1.807, 2.05) is 12.1 Å². The molecule has 4 nitrogen and oxygen atoms in total. The van der Waals surface area contributed by atoms with Gasteiger partial charge in [-0.25, -0.2) is 4.79 Å². The average Bonchev–Trinajstić information content (AvgIpc) is 2.83. The molecule has 0 aromatic heterocycles. The van der Waals surface area contributed by atoms with E-state index in [1.165, 1.54) is 11.1 Å². The smallest absolute Gasteiger partial charge is 0.404 e. The Morgan fingerprint density at radius 2 is 2.12 bits per heavy atom. The molecule has 0 aliphatic heterocycles. The molecule has 0 saturated heterocycles. The first-order chi connectivity index (χ1) is 11.4. The highest BCUT2D eigenvalue weighted by atomic mass is 16.6. The summed E-state index contributed by atoms with van der Waals surface area (Å²) in [7, 11) is 0. The molecule has 2 saturated carbocycles. The van der Waals surface area contributed by atoms with Crippen LogP contribution in [0.5, 0.6) is 5.75 Å². The summed E-state index contributed by atoms with van der Waals surface area (Å²) in [5.41, 5.74) is 8.10. The number of fused-ring (bicyclic) bond motifs is 5. The zero-order chi connectivity index (χ0) is 17.1. The van der Waals surface area contributed by atoms with Gasteiger partial charge in [-0.05, 0) is 79.0 Å². The number of hydrogen-bond acceptors (Lipinski definition) is 3. The Balaban J connectivity index is 1.68. The van der Waals surface area contributed by atoms with Crippen molar-refractivity contribution in [1.29, 1.82) is 0 Å². The normalized spacial score (nSPS) is 40.3. The molecule has 0 spiro atoms. The second kappa shape index (κ2) is 5.40. The van der Waals surface area contributed by atoms with Crippen molar-refractivity contribution in [2.24, 2.45) is 28.9 Å². The second-order valence-electron chi connectivity index (χ2n) is 8.40. The Kier molecular flexibility index (Phi) is 3.55. The molecule has 1 amide bonds. The summed E-state index contributed by atoms with van der Waals surface area (Å²) in [6, 6.07) is 5.90. The minimum absolute atomic E-state index is 0.0330. The van der Waals surface area contributed by atoms with Gasteiger partial charge in [-0.2, -0.15) is 0 Å². The number of carbonyl (C=O) groups is 1. The fraction of sp³-hybridized carbons (Fsp3) is 0.650. The number of carbonyl (C=O) groups excluding carboxylic acids is 1. The maximum Gasteiger partial charge on any atom is 0.404 e. The van der Waals surface area contributed by atoms with Gasteiger partial charge in [0.25, 0.3) is 0 Å². The number of aromatic hydroxyl groups is 1. The predicted molar refractivity (Wildman–Crippen MR) is 91.7 cm³/mol. The van der Waals surface area contributed by atoms with Gasteiger partial charge in [0.2, 0.25) is 0 Å². The van der Waals surface area contributed by atoms with Gasteiger partial charge in [-0.15, -0.1) is 0 Å². The zero-order valence-electron chi connectivity index (χ0n) is 14.5. The van der Waals surface area contributed by atoms with Crippen LogP contribution in [-0.4, -0.2) is 17.3 Å². The molecule has 1 aromatic carbocycles. The van der Waals surface area contributed by atoms with Crippen molar-refractivity contribution in [2.45, 2.75) is 58.0 Å². The Morgan fingerprint density at radius 3 is 2.88 bits per heavy atom. The minimum Gasteiger partial charge on any atom is -0.508 e. The molecule has 3 aliphatic carbocycles. The quantitative estimate of drug-likeness (QED) is 0.819. The zero-order valence-corrected chi connectivity index (χ0v) is 14.5. The van der Waals surface area contributed by atoms with Gasteiger partial charge in [0.1, 0.15) is 11.9 Å². The number of rotatable bonds is 1. The van der Waals surface area contributed by atoms with E-state index < -0.39 is 6.09 Å². The Bertz CT molecular complexity index is 673. The lowest BCUT2D eigenvalue weighted by Crippen LogP contribution is -2.47. The van der Waals surface area contributed by atoms with E-state index in [9.17, 15) is 9.90 Å². The van der Waals surface area contributed by atoms with Crippen molar-refractivity contribution in [1.82, 2.24) is 0 Å². The number of benzene rings is 1. The highest BCUT2D eigenvalue weighted by Crippen LogP contribution is 2.62. The largest absolute Gasteiger partial charge is 0.508 e. The number of phenolic OH excluding ortho intramolecular Hbond substituents is 1. The van der Waals surface area contributed by atoms with Crippen LogP contribution in [0.15, 0.2) is 18.2 Å². The fourth-order valence-corrected chi connectivity index (χ4v) is 6.25. The molecule has 3 aliphatic rings. The van der Waals surface area contributed by atoms with E-state index in [1.54, 1.807) is 0 Å². The molecule has 4 rings (SSSR count). The second-order valence-corrected chi connectivity index (χ2v) is 8.40. The van der Waals surface area contributed by atoms with E-state index in [4.69, 9.17) is 10.5 Å². The maximum atomic E-state index is 11.3. The lowest BCUT2D eigenvalue weighted by Gasteiger charge is -2.52. The first-order valence-corrected chi connectivity index (χ1v) is 9.18. The van der Waals surface area contributed by atoms with Crippen LogP contribution >= 0.6 is 0 Å². The molecule has 24 heavy (non-hydrogen) atoms. The third-order valence-electron chi connectivity index (χ3n) is 7.23. The summed E-state index contributed by atoms with van der Waals surface area (Å²) < 4.78 is 5.49. The highest BCUT2D eigenvalue weighted by Gasteiger charge is 2.57. The van der Waals surface area contributed by atoms with Crippen molar-refractivity contribution in [2.75, 3.05) is 0 Å². The molecular weight excluding hydrogens is 302 g/mol. The van der Waals surface area contributed by atoms with Gasteiger partial charge in [0.05, 0.1) is 0 Å². The summed E-state index contributed by atoms with van der Waals surface area (Å²) in [5.74, 6) is 2.73. The minimum atomic E-state index is -0.637. The van der Waals surface area contributed by atoms with Crippen LogP contribution in [0.4, 0.5) is 4.79 Å². The SMILES string of the molecule is CC1Cc2cc(O)ccc2C2CCC3(C)C(OC(N)=O)CCC3C12. The standard InChI is InChI=1S/C20H27NO3/c1-11-9-12-10-13(22)3-4-14(12)15-7-8-20(2)16(18(11)15)5-6-17(20)24-19(21)23/h3-4,10-11,15-18,22H,5-9H2,1-2H3,(H2,21,23). The van der Waals surface area contributed by atoms with Gasteiger partial charge in [-0.1, -0.05) is 19.9 Å². The molecule has 6 unspecified atom stereocenters. The van der Waals surface area contributed by atoms with E-state index in [0.717, 1.165) is 32.1 Å². The van der Waals surface area contributed by atoms with Gasteiger partial charge in [0, 0.05) is 5.41 Å². The molecule has 1 aromatic rings. The van der Waals surface area contributed by atoms with E-state index in [-0.39, 0.29) is 11.5 Å². The predicted octanol–water partition coefficient (Wildman–Crippen LogP) is 3.96. The van der Waals surface area contributed by atoms with E-state index in [2.05, 4.69) is 19.9 Å². The molecule has 0 bridgehead atoms. The van der Waals surface area contributed by atoms with Gasteiger partial charge in [-0.3, -0.25) is 0 Å². The van der Waals surface area contributed by atoms with Crippen molar-refractivity contribution in [3.63, 3.8) is 0 Å². The van der Waals surface area contributed by atoms with Crippen LogP contribution in [-0.2, 0) is 11.2 Å². The van der Waals surface area contributed by atoms with Crippen molar-refractivity contribution in [3.8, 4) is 5.75 Å². The third-order valence-corrected chi connectivity index (χ3v) is 7.23. The number of phenols is 1. The van der Waals surface area contributed by atoms with Crippen LogP contribution in [0.3, 0.4) is 0 Å². The number of nitrogens with two attached hydrogens (primary N) is 1. The van der Waals surface area contributed by atoms with Crippen LogP contribution in [0.25, 0.3) is 0 Å². The Labute approximate surface area is 143 Å². The van der Waals surface area contributed by atoms with E-state index >= 15 is 0 Å². The molecule has 0 radical (unpaired) electrons. The third kappa shape index (κ3) is 2.22. The molecule has 4 heteroatoms. The Morgan fingerprint density at radius 1 is 1.33 bits per heavy atom. The van der Waals surface area contributed by atoms with Crippen LogP contribution in [0.1, 0.15) is 56.6 Å². The van der Waals surface area contributed by atoms with Crippen LogP contribution in [0.2, 0.25) is 0 Å². The summed E-state index contributed by atoms with van der Waals surface area (Å²) in [6.07, 6.45) is 4.60. The molecule has 130 valence electrons. The summed E-state index contributed by atoms with van der Waals surface area (Å²) in [5, 5.41) is 9.82. The monoisotopic (exact) mass is 329 g/mol. The van der Waals surface area contributed by atoms with Gasteiger partial charge < -0.3 is 15.6 Å². The summed E-state index contributed by atoms with van der Waals surface area (Å²) in [6.45, 7) is 4.65. The van der Waals surface area contributed by atoms with Crippen molar-refractivity contribution >= 4 is 6.09 Å². The number of amides is 1. The summed E-state index contributed by atoms with van der Waals surface area (Å²) >= 11 is 0. The van der Waals surface area contributed by atoms with Crippen molar-refractivity contribution in [3.05, 3.63) is 29.3 Å². The molecule has 3 N–H and O–H groups in total. The van der Waals surface area contributed by atoms with Crippen LogP contribution in [0, 0.1) is 23.2 Å². The average molecular weight is 329 g/mol. The maximum absolute atomic E-state index is 11.3. The molecule has 0 heterocycles. The lowest BCUT2D eigenvalue weighted by molar-refractivity contribution is -0.0404. The first-order valence-electron chi connectivity index (χ1n) is 9.18.